The third-order valence-corrected chi connectivity index (χ3v) is 4.31. The number of carboxylic acids is 2. The monoisotopic (exact) mass is 474 g/mol. The molecule has 4 unspecified atom stereocenters. The summed E-state index contributed by atoms with van der Waals surface area (Å²) < 4.78 is 0. The van der Waals surface area contributed by atoms with Crippen molar-refractivity contribution < 1.29 is 43.8 Å². The van der Waals surface area contributed by atoms with Crippen LogP contribution in [0.3, 0.4) is 0 Å². The van der Waals surface area contributed by atoms with E-state index in [1.807, 2.05) is 5.32 Å². The highest BCUT2D eigenvalue weighted by Gasteiger charge is 2.32. The van der Waals surface area contributed by atoms with Gasteiger partial charge in [0.05, 0.1) is 18.9 Å². The topological polar surface area (TPSA) is 274 Å². The van der Waals surface area contributed by atoms with Crippen molar-refractivity contribution >= 4 is 41.5 Å². The van der Waals surface area contributed by atoms with Crippen LogP contribution in [0.1, 0.15) is 39.5 Å². The summed E-state index contributed by atoms with van der Waals surface area (Å²) in [6, 6.07) is -5.82. The maximum atomic E-state index is 12.8. The molecular weight excluding hydrogens is 444 g/mol. The smallest absolute Gasteiger partial charge is 0.326 e. The van der Waals surface area contributed by atoms with Crippen LogP contribution < -0.4 is 33.2 Å². The number of carbonyl (C=O) groups is 7. The van der Waals surface area contributed by atoms with Gasteiger partial charge in [0.2, 0.25) is 29.5 Å². The number of primary amides is 2. The molecule has 15 nitrogen and oxygen atoms in total. The van der Waals surface area contributed by atoms with Crippen LogP contribution in [-0.2, 0) is 33.6 Å². The van der Waals surface area contributed by atoms with Gasteiger partial charge in [-0.05, 0) is 12.3 Å². The van der Waals surface area contributed by atoms with Gasteiger partial charge < -0.3 is 43.4 Å². The van der Waals surface area contributed by atoms with Crippen molar-refractivity contribution in [3.63, 3.8) is 0 Å². The first-order chi connectivity index (χ1) is 15.1. The molecule has 0 rings (SSSR count). The van der Waals surface area contributed by atoms with Gasteiger partial charge in [-0.15, -0.1) is 0 Å². The molecule has 15 heteroatoms. The number of amides is 5. The number of rotatable bonds is 15. The van der Waals surface area contributed by atoms with Crippen LogP contribution in [0.5, 0.6) is 0 Å². The molecule has 0 saturated heterocycles. The van der Waals surface area contributed by atoms with Crippen molar-refractivity contribution in [2.45, 2.75) is 63.7 Å². The summed E-state index contributed by atoms with van der Waals surface area (Å²) in [4.78, 5) is 81.6. The Balaban J connectivity index is 5.53. The van der Waals surface area contributed by atoms with Crippen LogP contribution in [0.2, 0.25) is 0 Å². The fourth-order valence-electron chi connectivity index (χ4n) is 2.57. The van der Waals surface area contributed by atoms with E-state index >= 15 is 0 Å². The molecule has 0 spiro atoms. The molecule has 0 aromatic rings. The summed E-state index contributed by atoms with van der Waals surface area (Å²) in [5.74, 6) is -8.08. The van der Waals surface area contributed by atoms with Gasteiger partial charge in [0.15, 0.2) is 0 Å². The highest BCUT2D eigenvalue weighted by Crippen LogP contribution is 2.06. The number of carboxylic acid groups (broad SMARTS) is 2. The zero-order valence-corrected chi connectivity index (χ0v) is 18.2. The molecule has 0 bridgehead atoms. The number of hydrogen-bond acceptors (Lipinski definition) is 8. The SMILES string of the molecule is CC(C)C(NC(=O)C(N)CC(N)=O)C(=O)NC(CCC(N)=O)C(=O)NC(CC(=O)O)C(=O)O. The Morgan fingerprint density at radius 1 is 0.758 bits per heavy atom. The normalized spacial score (nSPS) is 14.3. The van der Waals surface area contributed by atoms with Gasteiger partial charge in [-0.3, -0.25) is 28.8 Å². The van der Waals surface area contributed by atoms with Crippen molar-refractivity contribution in [3.05, 3.63) is 0 Å². The lowest BCUT2D eigenvalue weighted by atomic mass is 10.0. The van der Waals surface area contributed by atoms with Crippen molar-refractivity contribution in [2.24, 2.45) is 23.1 Å². The lowest BCUT2D eigenvalue weighted by Gasteiger charge is -2.26. The van der Waals surface area contributed by atoms with Crippen LogP contribution in [0, 0.1) is 5.92 Å². The largest absolute Gasteiger partial charge is 0.481 e. The Morgan fingerprint density at radius 3 is 1.73 bits per heavy atom. The van der Waals surface area contributed by atoms with Gasteiger partial charge in [0, 0.05) is 6.42 Å². The minimum Gasteiger partial charge on any atom is -0.481 e. The van der Waals surface area contributed by atoms with Gasteiger partial charge in [-0.1, -0.05) is 13.8 Å². The van der Waals surface area contributed by atoms with Crippen molar-refractivity contribution in [2.75, 3.05) is 0 Å². The Hall–Kier alpha value is -3.75. The first-order valence-electron chi connectivity index (χ1n) is 9.83. The molecule has 0 fully saturated rings. The molecule has 5 amide bonds. The lowest BCUT2D eigenvalue weighted by Crippen LogP contribution is -2.58. The fourth-order valence-corrected chi connectivity index (χ4v) is 2.57. The average molecular weight is 474 g/mol. The first kappa shape index (κ1) is 29.2. The summed E-state index contributed by atoms with van der Waals surface area (Å²) in [6.07, 6.45) is -2.09. The van der Waals surface area contributed by atoms with Crippen LogP contribution >= 0.6 is 0 Å². The van der Waals surface area contributed by atoms with Crippen molar-refractivity contribution in [1.29, 1.82) is 0 Å². The van der Waals surface area contributed by atoms with Gasteiger partial charge in [-0.2, -0.15) is 0 Å². The summed E-state index contributed by atoms with van der Waals surface area (Å²) in [6.45, 7) is 3.13. The summed E-state index contributed by atoms with van der Waals surface area (Å²) in [5, 5.41) is 24.5. The van der Waals surface area contributed by atoms with E-state index in [0.717, 1.165) is 0 Å². The van der Waals surface area contributed by atoms with E-state index in [0.29, 0.717) is 0 Å². The third-order valence-electron chi connectivity index (χ3n) is 4.31. The Labute approximate surface area is 188 Å². The van der Waals surface area contributed by atoms with Crippen LogP contribution in [0.4, 0.5) is 0 Å². The van der Waals surface area contributed by atoms with Gasteiger partial charge in [0.25, 0.3) is 0 Å². The molecule has 186 valence electrons. The van der Waals surface area contributed by atoms with E-state index in [4.69, 9.17) is 27.4 Å². The van der Waals surface area contributed by atoms with Gasteiger partial charge in [-0.25, -0.2) is 4.79 Å². The molecule has 0 aromatic carbocycles. The molecule has 4 atom stereocenters. The molecular formula is C18H30N6O9. The molecule has 0 aliphatic rings. The van der Waals surface area contributed by atoms with E-state index in [2.05, 4.69) is 10.6 Å². The first-order valence-corrected chi connectivity index (χ1v) is 9.83. The van der Waals surface area contributed by atoms with Gasteiger partial charge >= 0.3 is 11.9 Å². The minimum absolute atomic E-state index is 0.327. The predicted molar refractivity (Wildman–Crippen MR) is 111 cm³/mol. The Morgan fingerprint density at radius 2 is 1.30 bits per heavy atom. The second-order valence-electron chi connectivity index (χ2n) is 7.57. The summed E-state index contributed by atoms with van der Waals surface area (Å²) in [7, 11) is 0. The molecule has 0 radical (unpaired) electrons. The van der Waals surface area contributed by atoms with Crippen LogP contribution in [-0.4, -0.2) is 75.9 Å². The maximum Gasteiger partial charge on any atom is 0.326 e. The van der Waals surface area contributed by atoms with E-state index in [9.17, 15) is 33.6 Å². The summed E-state index contributed by atoms with van der Waals surface area (Å²) in [5.41, 5.74) is 15.6. The predicted octanol–water partition coefficient (Wildman–Crippen LogP) is -3.88. The fraction of sp³-hybridized carbons (Fsp3) is 0.611. The molecule has 11 N–H and O–H groups in total. The number of hydrogen-bond donors (Lipinski definition) is 8. The zero-order chi connectivity index (χ0) is 25.9. The molecule has 0 aromatic heterocycles. The molecule has 0 heterocycles. The van der Waals surface area contributed by atoms with Gasteiger partial charge in [0.1, 0.15) is 18.1 Å². The molecule has 0 saturated carbocycles. The van der Waals surface area contributed by atoms with E-state index < -0.39 is 84.4 Å². The second kappa shape index (κ2) is 13.6. The second-order valence-corrected chi connectivity index (χ2v) is 7.57. The standard InChI is InChI=1S/C18H30N6O9/c1-7(2)14(24-15(29)8(19)5-12(21)26)17(31)22-9(3-4-11(20)25)16(30)23-10(18(32)33)6-13(27)28/h7-10,14H,3-6,19H2,1-2H3,(H2,20,25)(H2,21,26)(H,22,31)(H,23,30)(H,24,29)(H,27,28)(H,32,33). The lowest BCUT2D eigenvalue weighted by molar-refractivity contribution is -0.147. The minimum atomic E-state index is -1.80. The quantitative estimate of drug-likeness (QED) is 0.114. The van der Waals surface area contributed by atoms with E-state index in [1.54, 1.807) is 13.8 Å². The third kappa shape index (κ3) is 11.4. The van der Waals surface area contributed by atoms with Crippen molar-refractivity contribution in [1.82, 2.24) is 16.0 Å². The van der Waals surface area contributed by atoms with E-state index in [1.165, 1.54) is 0 Å². The summed E-state index contributed by atoms with van der Waals surface area (Å²) >= 11 is 0. The molecule has 33 heavy (non-hydrogen) atoms. The Bertz CT molecular complexity index is 785. The number of aliphatic carboxylic acids is 2. The molecule has 0 aliphatic carbocycles. The number of nitrogens with two attached hydrogens (primary N) is 3. The van der Waals surface area contributed by atoms with Crippen LogP contribution in [0.25, 0.3) is 0 Å². The zero-order valence-electron chi connectivity index (χ0n) is 18.2. The highest BCUT2D eigenvalue weighted by molar-refractivity contribution is 5.95. The van der Waals surface area contributed by atoms with E-state index in [-0.39, 0.29) is 12.8 Å². The average Bonchev–Trinajstić information content (AvgIpc) is 2.66. The number of nitrogens with one attached hydrogen (secondary N) is 3. The maximum absolute atomic E-state index is 12.8. The number of carbonyl (C=O) groups excluding carboxylic acids is 5. The van der Waals surface area contributed by atoms with Crippen molar-refractivity contribution in [3.8, 4) is 0 Å². The molecule has 0 aliphatic heterocycles. The Kier molecular flexibility index (Phi) is 12.1. The van der Waals surface area contributed by atoms with Crippen LogP contribution in [0.15, 0.2) is 0 Å². The highest BCUT2D eigenvalue weighted by atomic mass is 16.4.